The molecule has 3 rings (SSSR count). The lowest BCUT2D eigenvalue weighted by atomic mass is 10.1. The number of ether oxygens (including phenoxy) is 2. The van der Waals surface area contributed by atoms with Gasteiger partial charge in [0.25, 0.3) is 13.1 Å². The van der Waals surface area contributed by atoms with E-state index in [0.29, 0.717) is 11.2 Å². The molecule has 1 unspecified atom stereocenters. The van der Waals surface area contributed by atoms with Crippen molar-refractivity contribution in [3.63, 3.8) is 0 Å². The average molecular weight is 547 g/mol. The molecule has 0 bridgehead atoms. The molecule has 0 aliphatic rings. The molecule has 4 N–H and O–H groups in total. The number of nitrogens with one attached hydrogen (secondary N) is 2. The van der Waals surface area contributed by atoms with Gasteiger partial charge in [0.2, 0.25) is 5.95 Å². The van der Waals surface area contributed by atoms with Crippen LogP contribution in [0.15, 0.2) is 41.2 Å². The van der Waals surface area contributed by atoms with E-state index in [2.05, 4.69) is 20.0 Å². The Balaban J connectivity index is 1.93. The van der Waals surface area contributed by atoms with Crippen LogP contribution in [0.3, 0.4) is 0 Å². The zero-order chi connectivity index (χ0) is 27.9. The topological polar surface area (TPSA) is 181 Å². The van der Waals surface area contributed by atoms with E-state index in [0.717, 1.165) is 5.56 Å². The van der Waals surface area contributed by atoms with E-state index in [4.69, 9.17) is 19.7 Å². The van der Waals surface area contributed by atoms with Crippen molar-refractivity contribution in [1.82, 2.24) is 24.6 Å². The van der Waals surface area contributed by atoms with Crippen LogP contribution in [0.4, 0.5) is 5.95 Å². The molecule has 0 radical (unpaired) electrons. The predicted molar refractivity (Wildman–Crippen MR) is 141 cm³/mol. The molecule has 1 aromatic carbocycles. The highest BCUT2D eigenvalue weighted by Crippen LogP contribution is 2.47. The fourth-order valence-corrected chi connectivity index (χ4v) is 5.30. The van der Waals surface area contributed by atoms with Crippen molar-refractivity contribution in [3.8, 4) is 0 Å². The maximum Gasteiger partial charge on any atom is 0.335 e. The number of anilines is 1. The summed E-state index contributed by atoms with van der Waals surface area (Å²) in [6, 6.07) is 6.25. The van der Waals surface area contributed by atoms with Crippen molar-refractivity contribution in [2.45, 2.75) is 46.4 Å². The van der Waals surface area contributed by atoms with Gasteiger partial charge in [-0.05, 0) is 44.9 Å². The summed E-state index contributed by atoms with van der Waals surface area (Å²) in [6.07, 6.45) is 1.87. The van der Waals surface area contributed by atoms with Gasteiger partial charge in [-0.2, -0.15) is 4.98 Å². The number of fused-ring (bicyclic) bond motifs is 1. The largest absolute Gasteiger partial charge is 0.465 e. The van der Waals surface area contributed by atoms with E-state index in [1.54, 1.807) is 36.6 Å². The number of aromatic amines is 1. The molecule has 0 aliphatic heterocycles. The molecule has 2 aromatic heterocycles. The van der Waals surface area contributed by atoms with Crippen LogP contribution in [-0.2, 0) is 34.7 Å². The number of imidazole rings is 1. The van der Waals surface area contributed by atoms with Gasteiger partial charge in [-0.15, -0.1) is 0 Å². The number of esters is 2. The summed E-state index contributed by atoms with van der Waals surface area (Å²) in [7, 11) is -3.92. The predicted octanol–water partition coefficient (Wildman–Crippen LogP) is 2.42. The zero-order valence-electron chi connectivity index (χ0n) is 21.5. The minimum Gasteiger partial charge on any atom is -0.465 e. The van der Waals surface area contributed by atoms with Gasteiger partial charge in [0.05, 0.1) is 26.1 Å². The first-order valence-electron chi connectivity index (χ1n) is 11.9. The molecule has 0 saturated carbocycles. The van der Waals surface area contributed by atoms with E-state index < -0.39 is 37.2 Å². The van der Waals surface area contributed by atoms with Crippen molar-refractivity contribution >= 4 is 42.6 Å². The van der Waals surface area contributed by atoms with Crippen molar-refractivity contribution < 1.29 is 28.2 Å². The summed E-state index contributed by atoms with van der Waals surface area (Å²) >= 11 is 0. The molecule has 3 atom stereocenters. The Labute approximate surface area is 218 Å². The van der Waals surface area contributed by atoms with Crippen molar-refractivity contribution in [1.29, 1.82) is 0 Å². The van der Waals surface area contributed by atoms with Crippen LogP contribution in [0.1, 0.15) is 38.8 Å². The number of carbonyl (C=O) groups excluding carboxylic acids is 2. The van der Waals surface area contributed by atoms with Gasteiger partial charge in [-0.1, -0.05) is 24.3 Å². The third-order valence-electron chi connectivity index (χ3n) is 5.29. The summed E-state index contributed by atoms with van der Waals surface area (Å²) in [4.78, 5) is 47.1. The van der Waals surface area contributed by atoms with E-state index in [1.165, 1.54) is 26.0 Å². The molecule has 0 amide bonds. The lowest BCUT2D eigenvalue weighted by Gasteiger charge is -2.23. The van der Waals surface area contributed by atoms with Gasteiger partial charge in [-0.3, -0.25) is 23.7 Å². The maximum absolute atomic E-state index is 13.8. The van der Waals surface area contributed by atoms with Crippen LogP contribution in [0.2, 0.25) is 0 Å². The van der Waals surface area contributed by atoms with Crippen molar-refractivity contribution in [3.05, 3.63) is 57.9 Å². The number of nitrogens with zero attached hydrogens (tertiary/aromatic N) is 3. The maximum atomic E-state index is 13.8. The number of H-pyrrole nitrogens is 1. The Morgan fingerprint density at radius 3 is 2.58 bits per heavy atom. The van der Waals surface area contributed by atoms with E-state index in [1.807, 2.05) is 12.1 Å². The van der Waals surface area contributed by atoms with Crippen LogP contribution in [0.5, 0.6) is 0 Å². The fourth-order valence-electron chi connectivity index (χ4n) is 3.53. The fraction of sp³-hybridized carbons (Fsp3) is 0.375. The number of hydrogen-bond acceptors (Lipinski definition) is 10. The second-order valence-corrected chi connectivity index (χ2v) is 10.2. The zero-order valence-corrected chi connectivity index (χ0v) is 22.4. The molecule has 0 fully saturated rings. The first-order valence-corrected chi connectivity index (χ1v) is 13.6. The highest BCUT2D eigenvalue weighted by Gasteiger charge is 2.31. The number of hydrogen-bond donors (Lipinski definition) is 3. The van der Waals surface area contributed by atoms with Crippen LogP contribution in [0.25, 0.3) is 17.2 Å². The standard InChI is InChI=1S/C24H31N6O7P/c1-5-35-22(32)15(3)29-38(34,37-16(4)23(33)36-6-2)12-11-17-9-7-8-10-18(17)13-30-14-26-19-20(30)27-24(25)28-21(19)31/h7-12,14-16H,5-6,13H2,1-4H3,(H,29,34)(H3,25,27,28,31)/b12-11+/t15-,16+,38?/m1/s1. The van der Waals surface area contributed by atoms with Crippen molar-refractivity contribution in [2.75, 3.05) is 18.9 Å². The molecular weight excluding hydrogens is 515 g/mol. The van der Waals surface area contributed by atoms with Crippen LogP contribution in [0, 0.1) is 0 Å². The van der Waals surface area contributed by atoms with Gasteiger partial charge >= 0.3 is 11.9 Å². The van der Waals surface area contributed by atoms with Gasteiger partial charge < -0.3 is 19.8 Å². The third-order valence-corrected chi connectivity index (χ3v) is 7.20. The second-order valence-electron chi connectivity index (χ2n) is 8.21. The molecule has 14 heteroatoms. The molecule has 3 aromatic rings. The van der Waals surface area contributed by atoms with Gasteiger partial charge in [0, 0.05) is 5.82 Å². The van der Waals surface area contributed by atoms with Crippen molar-refractivity contribution in [2.24, 2.45) is 0 Å². The van der Waals surface area contributed by atoms with Crippen LogP contribution >= 0.6 is 7.52 Å². The molecule has 13 nitrogen and oxygen atoms in total. The van der Waals surface area contributed by atoms with Gasteiger partial charge in [0.1, 0.15) is 6.04 Å². The summed E-state index contributed by atoms with van der Waals surface area (Å²) in [6.45, 7) is 6.73. The Hall–Kier alpha value is -3.80. The quantitative estimate of drug-likeness (QED) is 0.224. The summed E-state index contributed by atoms with van der Waals surface area (Å²) in [5.74, 6) is -0.0684. The van der Waals surface area contributed by atoms with E-state index >= 15 is 0 Å². The summed E-state index contributed by atoms with van der Waals surface area (Å²) in [5.41, 5.74) is 7.13. The molecule has 2 heterocycles. The Bertz CT molecular complexity index is 1400. The average Bonchev–Trinajstić information content (AvgIpc) is 3.26. The SMILES string of the molecule is CCOC(=O)[C@H](C)OP(=O)(/C=C/c1ccccc1Cn1cnc2c(=O)[nH]c(N)nc21)N[C@H](C)C(=O)OCC. The van der Waals surface area contributed by atoms with Crippen LogP contribution < -0.4 is 16.4 Å². The molecule has 0 saturated heterocycles. The molecule has 0 aliphatic carbocycles. The monoisotopic (exact) mass is 546 g/mol. The molecule has 0 spiro atoms. The Morgan fingerprint density at radius 2 is 1.87 bits per heavy atom. The van der Waals surface area contributed by atoms with E-state index in [9.17, 15) is 18.9 Å². The number of rotatable bonds is 12. The lowest BCUT2D eigenvalue weighted by molar-refractivity contribution is -0.150. The van der Waals surface area contributed by atoms with Gasteiger partial charge in [-0.25, -0.2) is 14.9 Å². The molecule has 38 heavy (non-hydrogen) atoms. The second kappa shape index (κ2) is 12.6. The minimum absolute atomic E-state index is 0.0342. The molecule has 204 valence electrons. The first-order chi connectivity index (χ1) is 18.1. The molecular formula is C24H31N6O7P. The summed E-state index contributed by atoms with van der Waals surface area (Å²) in [5, 5.41) is 2.66. The van der Waals surface area contributed by atoms with Crippen LogP contribution in [-0.4, -0.2) is 56.8 Å². The number of benzene rings is 1. The smallest absolute Gasteiger partial charge is 0.335 e. The Morgan fingerprint density at radius 1 is 1.18 bits per heavy atom. The number of aromatic nitrogens is 4. The Kier molecular flexibility index (Phi) is 9.56. The normalized spacial score (nSPS) is 14.7. The lowest BCUT2D eigenvalue weighted by Crippen LogP contribution is -2.35. The summed E-state index contributed by atoms with van der Waals surface area (Å²) < 4.78 is 31.0. The highest BCUT2D eigenvalue weighted by atomic mass is 31.2. The van der Waals surface area contributed by atoms with E-state index in [-0.39, 0.29) is 31.2 Å². The number of carbonyl (C=O) groups is 2. The highest BCUT2D eigenvalue weighted by molar-refractivity contribution is 7.60. The first kappa shape index (κ1) is 28.8. The number of nitrogens with two attached hydrogens (primary N) is 1. The third kappa shape index (κ3) is 7.15. The number of nitrogen functional groups attached to an aromatic ring is 1. The minimum atomic E-state index is -3.92. The van der Waals surface area contributed by atoms with Gasteiger partial charge in [0.15, 0.2) is 17.3 Å².